The Kier molecular flexibility index (Phi) is 4.79. The number of benzene rings is 1. The number of amides is 1. The van der Waals surface area contributed by atoms with Crippen LogP contribution in [0.4, 0.5) is 0 Å². The fraction of sp³-hybridized carbons (Fsp3) is 0.381. The second kappa shape index (κ2) is 7.39. The number of aromatic nitrogens is 3. The number of hydrogen-bond donors (Lipinski definition) is 0. The van der Waals surface area contributed by atoms with Crippen molar-refractivity contribution in [2.45, 2.75) is 25.2 Å². The second-order valence-corrected chi connectivity index (χ2v) is 7.07. The van der Waals surface area contributed by atoms with E-state index < -0.39 is 0 Å². The molecule has 0 N–H and O–H groups in total. The van der Waals surface area contributed by atoms with E-state index in [0.29, 0.717) is 6.42 Å². The van der Waals surface area contributed by atoms with Crippen molar-refractivity contribution in [2.75, 3.05) is 20.2 Å². The van der Waals surface area contributed by atoms with E-state index in [1.165, 1.54) is 0 Å². The molecule has 140 valence electrons. The lowest BCUT2D eigenvalue weighted by molar-refractivity contribution is -0.130. The van der Waals surface area contributed by atoms with Crippen LogP contribution in [0.1, 0.15) is 30.1 Å². The van der Waals surface area contributed by atoms with Gasteiger partial charge in [0, 0.05) is 38.7 Å². The lowest BCUT2D eigenvalue weighted by Gasteiger charge is -2.16. The van der Waals surface area contributed by atoms with Crippen LogP contribution in [0.25, 0.3) is 11.0 Å². The zero-order valence-corrected chi connectivity index (χ0v) is 15.8. The van der Waals surface area contributed by atoms with E-state index in [2.05, 4.69) is 9.55 Å². The zero-order valence-electron chi connectivity index (χ0n) is 15.8. The summed E-state index contributed by atoms with van der Waals surface area (Å²) in [7, 11) is 3.69. The van der Waals surface area contributed by atoms with Crippen LogP contribution in [-0.4, -0.2) is 45.5 Å². The third-order valence-electron chi connectivity index (χ3n) is 5.39. The van der Waals surface area contributed by atoms with Gasteiger partial charge in [-0.3, -0.25) is 9.78 Å². The first-order chi connectivity index (χ1) is 13.2. The van der Waals surface area contributed by atoms with Crippen LogP contribution < -0.4 is 4.74 Å². The van der Waals surface area contributed by atoms with Crippen molar-refractivity contribution in [2.24, 2.45) is 7.05 Å². The number of carbonyl (C=O) groups is 1. The number of nitrogens with zero attached hydrogens (tertiary/aromatic N) is 4. The molecule has 0 saturated carbocycles. The van der Waals surface area contributed by atoms with E-state index in [9.17, 15) is 4.79 Å². The lowest BCUT2D eigenvalue weighted by Crippen LogP contribution is -2.28. The highest BCUT2D eigenvalue weighted by Crippen LogP contribution is 2.29. The molecule has 6 nitrogen and oxygen atoms in total. The topological polar surface area (TPSA) is 60.2 Å². The molecule has 6 heteroatoms. The Morgan fingerprint density at radius 3 is 3.04 bits per heavy atom. The first-order valence-corrected chi connectivity index (χ1v) is 9.32. The zero-order chi connectivity index (χ0) is 18.8. The van der Waals surface area contributed by atoms with Crippen molar-refractivity contribution in [3.05, 3.63) is 54.1 Å². The molecule has 1 aromatic carbocycles. The Hall–Kier alpha value is -2.89. The molecule has 27 heavy (non-hydrogen) atoms. The Bertz CT molecular complexity index is 966. The number of methoxy groups -OCH3 is 1. The summed E-state index contributed by atoms with van der Waals surface area (Å²) in [4.78, 5) is 23.6. The molecule has 0 radical (unpaired) electrons. The van der Waals surface area contributed by atoms with E-state index in [0.717, 1.165) is 54.1 Å². The van der Waals surface area contributed by atoms with Crippen LogP contribution in [0.15, 0.2) is 42.7 Å². The Morgan fingerprint density at radius 1 is 1.33 bits per heavy atom. The third-order valence-corrected chi connectivity index (χ3v) is 5.39. The van der Waals surface area contributed by atoms with Gasteiger partial charge in [0.1, 0.15) is 11.6 Å². The quantitative estimate of drug-likeness (QED) is 0.698. The summed E-state index contributed by atoms with van der Waals surface area (Å²) in [5.74, 6) is 2.36. The molecular formula is C21H24N4O2. The normalized spacial score (nSPS) is 16.8. The van der Waals surface area contributed by atoms with E-state index in [1.807, 2.05) is 48.5 Å². The van der Waals surface area contributed by atoms with Gasteiger partial charge in [0.2, 0.25) is 5.91 Å². The fourth-order valence-electron chi connectivity index (χ4n) is 3.85. The number of imidazole rings is 1. The van der Waals surface area contributed by atoms with Crippen LogP contribution in [0.2, 0.25) is 0 Å². The van der Waals surface area contributed by atoms with Gasteiger partial charge in [0.15, 0.2) is 0 Å². The van der Waals surface area contributed by atoms with Crippen molar-refractivity contribution in [1.82, 2.24) is 19.4 Å². The SMILES string of the molecule is COc1cccc(CCC(=O)N2CC[C@H](c3nc4ccncc4n3C)C2)c1. The van der Waals surface area contributed by atoms with Crippen LogP contribution in [0.5, 0.6) is 5.75 Å². The minimum absolute atomic E-state index is 0.209. The Morgan fingerprint density at radius 2 is 2.22 bits per heavy atom. The van der Waals surface area contributed by atoms with Gasteiger partial charge < -0.3 is 14.2 Å². The van der Waals surface area contributed by atoms with Crippen LogP contribution >= 0.6 is 0 Å². The van der Waals surface area contributed by atoms with Crippen molar-refractivity contribution in [3.63, 3.8) is 0 Å². The monoisotopic (exact) mass is 364 g/mol. The average Bonchev–Trinajstić information content (AvgIpc) is 3.32. The maximum atomic E-state index is 12.7. The third kappa shape index (κ3) is 3.52. The molecule has 3 heterocycles. The van der Waals surface area contributed by atoms with E-state index in [1.54, 1.807) is 13.3 Å². The highest BCUT2D eigenvalue weighted by Gasteiger charge is 2.30. The fourth-order valence-corrected chi connectivity index (χ4v) is 3.85. The first kappa shape index (κ1) is 17.5. The number of ether oxygens (including phenoxy) is 1. The van der Waals surface area contributed by atoms with E-state index in [-0.39, 0.29) is 11.8 Å². The summed E-state index contributed by atoms with van der Waals surface area (Å²) >= 11 is 0. The summed E-state index contributed by atoms with van der Waals surface area (Å²) in [5, 5.41) is 0. The molecule has 2 aromatic heterocycles. The van der Waals surface area contributed by atoms with Gasteiger partial charge in [0.05, 0.1) is 24.3 Å². The molecule has 0 unspecified atom stereocenters. The smallest absolute Gasteiger partial charge is 0.222 e. The van der Waals surface area contributed by atoms with Crippen LogP contribution in [-0.2, 0) is 18.3 Å². The van der Waals surface area contributed by atoms with Crippen LogP contribution in [0, 0.1) is 0 Å². The Balaban J connectivity index is 1.39. The Labute approximate surface area is 158 Å². The minimum atomic E-state index is 0.209. The molecular weight excluding hydrogens is 340 g/mol. The molecule has 1 fully saturated rings. The van der Waals surface area contributed by atoms with Gasteiger partial charge in [0.25, 0.3) is 0 Å². The standard InChI is InChI=1S/C21H24N4O2/c1-24-19-13-22-10-8-18(19)23-21(24)16-9-11-25(14-16)20(26)7-6-15-4-3-5-17(12-15)27-2/h3-5,8,10,12-13,16H,6-7,9,11,14H2,1-2H3/t16-/m0/s1. The van der Waals surface area contributed by atoms with Gasteiger partial charge in [-0.15, -0.1) is 0 Å². The number of likely N-dealkylation sites (tertiary alicyclic amines) is 1. The lowest BCUT2D eigenvalue weighted by atomic mass is 10.1. The number of pyridine rings is 1. The molecule has 1 aliphatic rings. The minimum Gasteiger partial charge on any atom is -0.497 e. The molecule has 1 amide bonds. The van der Waals surface area contributed by atoms with E-state index in [4.69, 9.17) is 9.72 Å². The largest absolute Gasteiger partial charge is 0.497 e. The molecule has 1 saturated heterocycles. The number of rotatable bonds is 5. The second-order valence-electron chi connectivity index (χ2n) is 7.07. The summed E-state index contributed by atoms with van der Waals surface area (Å²) in [6, 6.07) is 9.85. The highest BCUT2D eigenvalue weighted by molar-refractivity contribution is 5.77. The number of aryl methyl sites for hydroxylation is 2. The molecule has 3 aromatic rings. The predicted molar refractivity (Wildman–Crippen MR) is 104 cm³/mol. The van der Waals surface area contributed by atoms with Crippen molar-refractivity contribution < 1.29 is 9.53 Å². The van der Waals surface area contributed by atoms with Crippen LogP contribution in [0.3, 0.4) is 0 Å². The molecule has 0 bridgehead atoms. The molecule has 0 aliphatic carbocycles. The van der Waals surface area contributed by atoms with Gasteiger partial charge in [-0.25, -0.2) is 4.98 Å². The van der Waals surface area contributed by atoms with Gasteiger partial charge in [-0.1, -0.05) is 12.1 Å². The summed E-state index contributed by atoms with van der Waals surface area (Å²) in [6.45, 7) is 1.53. The van der Waals surface area contributed by atoms with Crippen molar-refractivity contribution in [3.8, 4) is 5.75 Å². The maximum absolute atomic E-state index is 12.7. The number of hydrogen-bond acceptors (Lipinski definition) is 4. The van der Waals surface area contributed by atoms with Crippen molar-refractivity contribution in [1.29, 1.82) is 0 Å². The van der Waals surface area contributed by atoms with Gasteiger partial charge >= 0.3 is 0 Å². The summed E-state index contributed by atoms with van der Waals surface area (Å²) < 4.78 is 7.36. The predicted octanol–water partition coefficient (Wildman–Crippen LogP) is 2.93. The number of fused-ring (bicyclic) bond motifs is 1. The summed E-state index contributed by atoms with van der Waals surface area (Å²) in [5.41, 5.74) is 3.13. The number of carbonyl (C=O) groups excluding carboxylic acids is 1. The van der Waals surface area contributed by atoms with Gasteiger partial charge in [-0.2, -0.15) is 0 Å². The van der Waals surface area contributed by atoms with Gasteiger partial charge in [-0.05, 0) is 36.6 Å². The molecule has 4 rings (SSSR count). The molecule has 1 atom stereocenters. The molecule has 1 aliphatic heterocycles. The van der Waals surface area contributed by atoms with E-state index >= 15 is 0 Å². The first-order valence-electron chi connectivity index (χ1n) is 9.32. The molecule has 0 spiro atoms. The van der Waals surface area contributed by atoms with Crippen molar-refractivity contribution >= 4 is 16.9 Å². The highest BCUT2D eigenvalue weighted by atomic mass is 16.5. The summed E-state index contributed by atoms with van der Waals surface area (Å²) in [6.07, 6.45) is 5.82. The average molecular weight is 364 g/mol. The maximum Gasteiger partial charge on any atom is 0.222 e.